The maximum absolute atomic E-state index is 11.7. The van der Waals surface area contributed by atoms with Gasteiger partial charge in [0.15, 0.2) is 9.84 Å². The summed E-state index contributed by atoms with van der Waals surface area (Å²) in [6.07, 6.45) is 0. The molecule has 2 aromatic rings. The molecule has 2 aliphatic rings. The van der Waals surface area contributed by atoms with Crippen LogP contribution in [0.4, 0.5) is 0 Å². The van der Waals surface area contributed by atoms with Crippen molar-refractivity contribution >= 4 is 60.5 Å². The lowest BCUT2D eigenvalue weighted by molar-refractivity contribution is 0.602. The van der Waals surface area contributed by atoms with E-state index in [1.165, 1.54) is 34.9 Å². The van der Waals surface area contributed by atoms with Crippen LogP contribution in [0, 0.1) is 11.3 Å². The predicted molar refractivity (Wildman–Crippen MR) is 93.6 cm³/mol. The number of hydrogen-bond acceptors (Lipinski definition) is 7. The van der Waals surface area contributed by atoms with Crippen molar-refractivity contribution in [3.05, 3.63) is 33.5 Å². The van der Waals surface area contributed by atoms with E-state index in [9.17, 15) is 13.7 Å². The number of sulfone groups is 1. The van der Waals surface area contributed by atoms with E-state index in [0.29, 0.717) is 5.57 Å². The first-order valence-electron chi connectivity index (χ1n) is 6.60. The van der Waals surface area contributed by atoms with Crippen molar-refractivity contribution < 1.29 is 8.42 Å². The van der Waals surface area contributed by atoms with Crippen LogP contribution in [-0.4, -0.2) is 35.4 Å². The normalized spacial score (nSPS) is 26.0. The number of hydrogen-bond donors (Lipinski definition) is 0. The fraction of sp³-hybridized carbons (Fsp3) is 0.286. The number of thioether (sulfide) groups is 2. The highest BCUT2D eigenvalue weighted by atomic mass is 32.2. The molecule has 2 atom stereocenters. The summed E-state index contributed by atoms with van der Waals surface area (Å²) in [5.41, 5.74) is 1.48. The standard InChI is InChI=1S/C14H10N2O2S4/c15-5-8(13-16-9-3-1-2-4-10(9)19-13)14-20-11-6-22(17,18)7-12(11)21-14/h1-4,11-12H,6-7H2/t11-,12-/m0/s1. The maximum Gasteiger partial charge on any atom is 0.152 e. The quantitative estimate of drug-likeness (QED) is 0.722. The SMILES string of the molecule is N#CC(=C1S[C@H]2CS(=O)(=O)C[C@@H]2S1)c1nc2ccccc2s1. The van der Waals surface area contributed by atoms with Crippen LogP contribution in [0.25, 0.3) is 15.8 Å². The summed E-state index contributed by atoms with van der Waals surface area (Å²) < 4.78 is 25.3. The molecule has 22 heavy (non-hydrogen) atoms. The lowest BCUT2D eigenvalue weighted by atomic mass is 10.3. The van der Waals surface area contributed by atoms with Gasteiger partial charge in [-0.25, -0.2) is 13.4 Å². The molecule has 112 valence electrons. The van der Waals surface area contributed by atoms with E-state index in [2.05, 4.69) is 11.1 Å². The van der Waals surface area contributed by atoms with Gasteiger partial charge in [0.1, 0.15) is 16.6 Å². The Labute approximate surface area is 140 Å². The molecule has 0 aliphatic carbocycles. The number of benzene rings is 1. The van der Waals surface area contributed by atoms with E-state index in [1.807, 2.05) is 24.3 Å². The third-order valence-corrected chi connectivity index (χ3v) is 9.98. The molecule has 1 aromatic heterocycles. The second kappa shape index (κ2) is 5.27. The summed E-state index contributed by atoms with van der Waals surface area (Å²) >= 11 is 4.57. The van der Waals surface area contributed by atoms with Crippen LogP contribution in [0.3, 0.4) is 0 Å². The van der Waals surface area contributed by atoms with Crippen LogP contribution in [-0.2, 0) is 9.84 Å². The summed E-state index contributed by atoms with van der Waals surface area (Å²) in [7, 11) is -2.91. The minimum Gasteiger partial charge on any atom is -0.235 e. The van der Waals surface area contributed by atoms with E-state index in [0.717, 1.165) is 19.5 Å². The first kappa shape index (κ1) is 14.6. The van der Waals surface area contributed by atoms with Gasteiger partial charge in [0.2, 0.25) is 0 Å². The topological polar surface area (TPSA) is 70.8 Å². The smallest absolute Gasteiger partial charge is 0.152 e. The van der Waals surface area contributed by atoms with Crippen LogP contribution in [0.1, 0.15) is 5.01 Å². The molecular weight excluding hydrogens is 356 g/mol. The Morgan fingerprint density at radius 1 is 1.23 bits per heavy atom. The molecule has 0 spiro atoms. The average Bonchev–Trinajstić information content (AvgIpc) is 3.09. The summed E-state index contributed by atoms with van der Waals surface area (Å²) in [6.45, 7) is 0. The summed E-state index contributed by atoms with van der Waals surface area (Å²) in [4.78, 5) is 4.54. The third kappa shape index (κ3) is 2.46. The zero-order valence-corrected chi connectivity index (χ0v) is 14.5. The van der Waals surface area contributed by atoms with E-state index in [4.69, 9.17) is 0 Å². The second-order valence-corrected chi connectivity index (χ2v) is 11.1. The molecule has 8 heteroatoms. The predicted octanol–water partition coefficient (Wildman–Crippen LogP) is 3.13. The molecule has 4 rings (SSSR count). The van der Waals surface area contributed by atoms with Gasteiger partial charge < -0.3 is 0 Å². The van der Waals surface area contributed by atoms with Crippen molar-refractivity contribution in [2.75, 3.05) is 11.5 Å². The van der Waals surface area contributed by atoms with Crippen molar-refractivity contribution in [2.45, 2.75) is 10.5 Å². The Balaban J connectivity index is 1.73. The van der Waals surface area contributed by atoms with Crippen molar-refractivity contribution in [1.82, 2.24) is 4.98 Å². The Hall–Kier alpha value is -1.01. The van der Waals surface area contributed by atoms with Gasteiger partial charge in [-0.3, -0.25) is 0 Å². The lowest BCUT2D eigenvalue weighted by Crippen LogP contribution is -2.10. The fourth-order valence-corrected chi connectivity index (χ4v) is 10.2. The molecule has 0 radical (unpaired) electrons. The fourth-order valence-electron chi connectivity index (χ4n) is 2.58. The molecule has 2 saturated heterocycles. The largest absolute Gasteiger partial charge is 0.235 e. The first-order chi connectivity index (χ1) is 10.6. The van der Waals surface area contributed by atoms with Gasteiger partial charge in [0.05, 0.1) is 26.0 Å². The van der Waals surface area contributed by atoms with Gasteiger partial charge >= 0.3 is 0 Å². The monoisotopic (exact) mass is 366 g/mol. The third-order valence-electron chi connectivity index (χ3n) is 3.59. The Morgan fingerprint density at radius 3 is 2.55 bits per heavy atom. The summed E-state index contributed by atoms with van der Waals surface area (Å²) in [5.74, 6) is 0.439. The summed E-state index contributed by atoms with van der Waals surface area (Å²) in [6, 6.07) is 10.1. The van der Waals surface area contributed by atoms with Gasteiger partial charge in [0, 0.05) is 10.5 Å². The Kier molecular flexibility index (Phi) is 3.49. The molecule has 2 fully saturated rings. The molecule has 0 unspecified atom stereocenters. The van der Waals surface area contributed by atoms with Gasteiger partial charge in [-0.05, 0) is 12.1 Å². The number of rotatable bonds is 1. The molecule has 0 N–H and O–H groups in total. The number of allylic oxidation sites excluding steroid dienone is 1. The van der Waals surface area contributed by atoms with E-state index >= 15 is 0 Å². The average molecular weight is 367 g/mol. The summed E-state index contributed by atoms with van der Waals surface area (Å²) in [5, 5.41) is 10.4. The number of fused-ring (bicyclic) bond motifs is 2. The molecule has 3 heterocycles. The van der Waals surface area contributed by atoms with E-state index < -0.39 is 9.84 Å². The van der Waals surface area contributed by atoms with Crippen LogP contribution in [0.15, 0.2) is 28.5 Å². The van der Waals surface area contributed by atoms with Crippen molar-refractivity contribution in [2.24, 2.45) is 0 Å². The Bertz CT molecular complexity index is 884. The molecule has 2 aliphatic heterocycles. The van der Waals surface area contributed by atoms with Crippen LogP contribution < -0.4 is 0 Å². The Morgan fingerprint density at radius 2 is 1.91 bits per heavy atom. The minimum atomic E-state index is -2.91. The van der Waals surface area contributed by atoms with Gasteiger partial charge in [0.25, 0.3) is 0 Å². The maximum atomic E-state index is 11.7. The zero-order chi connectivity index (χ0) is 15.3. The van der Waals surface area contributed by atoms with Crippen LogP contribution >= 0.6 is 34.9 Å². The van der Waals surface area contributed by atoms with Crippen LogP contribution in [0.5, 0.6) is 0 Å². The minimum absolute atomic E-state index is 0.0720. The molecule has 0 saturated carbocycles. The highest BCUT2D eigenvalue weighted by molar-refractivity contribution is 8.27. The first-order valence-corrected chi connectivity index (χ1v) is 11.0. The molecule has 1 aromatic carbocycles. The molecular formula is C14H10N2O2S4. The number of para-hydroxylation sites is 1. The van der Waals surface area contributed by atoms with Crippen molar-refractivity contribution in [1.29, 1.82) is 5.26 Å². The number of nitrogens with zero attached hydrogens (tertiary/aromatic N) is 2. The van der Waals surface area contributed by atoms with Gasteiger partial charge in [-0.1, -0.05) is 12.1 Å². The lowest BCUT2D eigenvalue weighted by Gasteiger charge is -2.01. The molecule has 0 bridgehead atoms. The second-order valence-electron chi connectivity index (χ2n) is 5.15. The molecule has 0 amide bonds. The molecule has 4 nitrogen and oxygen atoms in total. The zero-order valence-electron chi connectivity index (χ0n) is 11.2. The van der Waals surface area contributed by atoms with Gasteiger partial charge in [-0.2, -0.15) is 5.26 Å². The van der Waals surface area contributed by atoms with E-state index in [-0.39, 0.29) is 22.0 Å². The van der Waals surface area contributed by atoms with Gasteiger partial charge in [-0.15, -0.1) is 34.9 Å². The van der Waals surface area contributed by atoms with Crippen molar-refractivity contribution in [3.8, 4) is 6.07 Å². The van der Waals surface area contributed by atoms with Crippen molar-refractivity contribution in [3.63, 3.8) is 0 Å². The number of aromatic nitrogens is 1. The highest BCUT2D eigenvalue weighted by Gasteiger charge is 2.45. The number of nitriles is 1. The number of thiazole rings is 1. The van der Waals surface area contributed by atoms with Crippen LogP contribution in [0.2, 0.25) is 0 Å². The van der Waals surface area contributed by atoms with E-state index in [1.54, 1.807) is 0 Å². The highest BCUT2D eigenvalue weighted by Crippen LogP contribution is 2.53.